The number of benzene rings is 6. The van der Waals surface area contributed by atoms with Crippen LogP contribution in [0, 0.1) is 0 Å². The Balaban J connectivity index is 1.70. The van der Waals surface area contributed by atoms with Crippen LogP contribution in [0.4, 0.5) is 0 Å². The van der Waals surface area contributed by atoms with E-state index in [-0.39, 0.29) is 0 Å². The van der Waals surface area contributed by atoms with Crippen LogP contribution in [0.5, 0.6) is 34.5 Å². The molecule has 8 heteroatoms. The summed E-state index contributed by atoms with van der Waals surface area (Å²) < 4.78 is 39.4. The fourth-order valence-corrected chi connectivity index (χ4v) is 18.0. The first-order valence-corrected chi connectivity index (χ1v) is 25.1. The highest BCUT2D eigenvalue weighted by Crippen LogP contribution is 2.65. The summed E-state index contributed by atoms with van der Waals surface area (Å²) in [5.41, 5.74) is 0. The maximum atomic E-state index is 6.57. The topological polar surface area (TPSA) is 55.4 Å². The van der Waals surface area contributed by atoms with Crippen molar-refractivity contribution in [1.82, 2.24) is 0 Å². The van der Waals surface area contributed by atoms with Gasteiger partial charge in [0, 0.05) is 6.42 Å². The molecule has 6 aromatic rings. The third kappa shape index (κ3) is 9.10. The Kier molecular flexibility index (Phi) is 15.7. The first-order chi connectivity index (χ1) is 29.0. The van der Waals surface area contributed by atoms with Crippen LogP contribution < -0.4 is 60.2 Å². The molecule has 0 radical (unpaired) electrons. The summed E-state index contributed by atoms with van der Waals surface area (Å²) in [6.07, 6.45) is 2.43. The second-order valence-electron chi connectivity index (χ2n) is 13.8. The third-order valence-electron chi connectivity index (χ3n) is 10.4. The molecule has 0 amide bonds. The lowest BCUT2D eigenvalue weighted by atomic mass is 10.3. The van der Waals surface area contributed by atoms with Gasteiger partial charge in [-0.15, -0.1) is 0 Å². The maximum Gasteiger partial charge on any atom is 0.162 e. The van der Waals surface area contributed by atoms with Gasteiger partial charge in [-0.05, 0) is 114 Å². The summed E-state index contributed by atoms with van der Waals surface area (Å²) in [6.45, 7) is 15.6. The van der Waals surface area contributed by atoms with Gasteiger partial charge in [0.1, 0.15) is 46.4 Å². The highest BCUT2D eigenvalue weighted by atomic mass is 31.2. The maximum absolute atomic E-state index is 6.57. The molecule has 0 fully saturated rings. The van der Waals surface area contributed by atoms with Crippen LogP contribution in [0.1, 0.15) is 48.0 Å². The molecule has 6 nitrogen and oxygen atoms in total. The third-order valence-corrected chi connectivity index (χ3v) is 19.6. The van der Waals surface area contributed by atoms with Gasteiger partial charge in [-0.25, -0.2) is 0 Å². The lowest BCUT2D eigenvalue weighted by Gasteiger charge is -2.33. The Morgan fingerprint density at radius 2 is 0.441 bits per heavy atom. The van der Waals surface area contributed by atoms with E-state index < -0.39 is 14.5 Å². The van der Waals surface area contributed by atoms with Gasteiger partial charge in [-0.1, -0.05) is 72.8 Å². The van der Waals surface area contributed by atoms with Gasteiger partial charge >= 0.3 is 0 Å². The van der Waals surface area contributed by atoms with E-state index in [1.807, 2.05) is 0 Å². The van der Waals surface area contributed by atoms with Crippen molar-refractivity contribution in [2.75, 3.05) is 52.0 Å². The van der Waals surface area contributed by atoms with Crippen LogP contribution in [-0.2, 0) is 0 Å². The minimum absolute atomic E-state index is 0.544. The zero-order valence-corrected chi connectivity index (χ0v) is 37.4. The molecule has 0 aliphatic rings. The molecular weight excluding hydrogens is 771 g/mol. The molecule has 0 heterocycles. The Morgan fingerprint density at radius 1 is 0.271 bits per heavy atom. The summed E-state index contributed by atoms with van der Waals surface area (Å²) >= 11 is 0. The Labute approximate surface area is 353 Å². The molecule has 0 saturated heterocycles. The Bertz CT molecular complexity index is 1840. The van der Waals surface area contributed by atoms with Crippen LogP contribution in [0.15, 0.2) is 146 Å². The summed E-state index contributed by atoms with van der Waals surface area (Å²) in [7, 11) is -5.28. The summed E-state index contributed by atoms with van der Waals surface area (Å²) in [5, 5.41) is 7.02. The van der Waals surface area contributed by atoms with Crippen molar-refractivity contribution in [3.05, 3.63) is 146 Å². The van der Waals surface area contributed by atoms with Crippen molar-refractivity contribution < 1.29 is 28.4 Å². The predicted molar refractivity (Wildman–Crippen MR) is 252 cm³/mol. The molecule has 0 saturated carbocycles. The number of hydrogen-bond donors (Lipinski definition) is 0. The molecule has 0 aliphatic heterocycles. The Morgan fingerprint density at radius 3 is 0.610 bits per heavy atom. The van der Waals surface area contributed by atoms with Gasteiger partial charge in [-0.2, -0.15) is 0 Å². The average molecular weight is 831 g/mol. The van der Waals surface area contributed by atoms with Crippen molar-refractivity contribution in [3.63, 3.8) is 0 Å². The normalized spacial score (nSPS) is 11.5. The molecule has 0 bridgehead atoms. The summed E-state index contributed by atoms with van der Waals surface area (Å²) in [4.78, 5) is 0. The minimum Gasteiger partial charge on any atom is -0.490 e. The van der Waals surface area contributed by atoms with Crippen LogP contribution in [0.25, 0.3) is 0 Å². The quantitative estimate of drug-likeness (QED) is 0.0636. The van der Waals surface area contributed by atoms with Crippen LogP contribution >= 0.6 is 14.5 Å². The molecule has 59 heavy (non-hydrogen) atoms. The van der Waals surface area contributed by atoms with E-state index in [0.717, 1.165) is 53.2 Å². The van der Waals surface area contributed by atoms with Gasteiger partial charge in [-0.3, -0.25) is 0 Å². The molecule has 0 atom stereocenters. The molecule has 0 N–H and O–H groups in total. The lowest BCUT2D eigenvalue weighted by Crippen LogP contribution is -2.38. The van der Waals surface area contributed by atoms with Crippen molar-refractivity contribution in [2.45, 2.75) is 48.0 Å². The molecule has 0 unspecified atom stereocenters. The SMILES string of the molecule is CCOc1ccccc1[P+](CCC[P+](c1ccccc1OCC)(c1ccccc1OCC)c1ccccc1OCC)(c1ccccc1OCC)c1ccccc1OCC. The number of para-hydroxylation sites is 6. The van der Waals surface area contributed by atoms with E-state index in [9.17, 15) is 0 Å². The van der Waals surface area contributed by atoms with E-state index in [0.29, 0.717) is 39.6 Å². The molecule has 308 valence electrons. The van der Waals surface area contributed by atoms with Crippen LogP contribution in [-0.4, -0.2) is 52.0 Å². The zero-order valence-electron chi connectivity index (χ0n) is 35.6. The summed E-state index contributed by atoms with van der Waals surface area (Å²) in [5.74, 6) is 5.29. The van der Waals surface area contributed by atoms with E-state index >= 15 is 0 Å². The van der Waals surface area contributed by atoms with Gasteiger partial charge < -0.3 is 28.4 Å². The minimum atomic E-state index is -2.64. The van der Waals surface area contributed by atoms with E-state index in [2.05, 4.69) is 187 Å². The van der Waals surface area contributed by atoms with Gasteiger partial charge in [0.05, 0.1) is 52.0 Å². The van der Waals surface area contributed by atoms with Crippen LogP contribution in [0.2, 0.25) is 0 Å². The van der Waals surface area contributed by atoms with E-state index in [1.54, 1.807) is 0 Å². The monoisotopic (exact) mass is 830 g/mol. The largest absolute Gasteiger partial charge is 0.490 e. The van der Waals surface area contributed by atoms with E-state index in [1.165, 1.54) is 31.8 Å². The highest BCUT2D eigenvalue weighted by Gasteiger charge is 2.55. The van der Waals surface area contributed by atoms with Gasteiger partial charge in [0.2, 0.25) is 0 Å². The summed E-state index contributed by atoms with van der Waals surface area (Å²) in [6, 6.07) is 51.6. The van der Waals surface area contributed by atoms with Crippen LogP contribution in [0.3, 0.4) is 0 Å². The fraction of sp³-hybridized carbons (Fsp3) is 0.294. The number of hydrogen-bond acceptors (Lipinski definition) is 6. The van der Waals surface area contributed by atoms with E-state index in [4.69, 9.17) is 28.4 Å². The standard InChI is InChI=1S/C51H60O6P2/c1-7-52-40-26-13-19-32-46(40)58(47-33-20-14-27-41(47)53-8-2,48-34-21-15-28-42(48)54-9-3)38-25-39-59(49-35-22-16-29-43(49)55-10-4,50-36-23-17-30-44(50)56-11-5)51-37-24-18-31-45(51)57-12-6/h13-24,26-37H,7-12,25,38-39H2,1-6H3/q+2. The van der Waals surface area contributed by atoms with Gasteiger partial charge in [0.25, 0.3) is 0 Å². The molecule has 6 rings (SSSR count). The second kappa shape index (κ2) is 21.3. The first kappa shape index (κ1) is 43.6. The average Bonchev–Trinajstić information content (AvgIpc) is 3.27. The molecule has 6 aromatic carbocycles. The smallest absolute Gasteiger partial charge is 0.162 e. The molecular formula is C51H60O6P2+2. The van der Waals surface area contributed by atoms with Crippen molar-refractivity contribution in [1.29, 1.82) is 0 Å². The lowest BCUT2D eigenvalue weighted by molar-refractivity contribution is 0.341. The Hall–Kier alpha value is -5.02. The number of ether oxygens (including phenoxy) is 6. The van der Waals surface area contributed by atoms with Crippen molar-refractivity contribution >= 4 is 46.4 Å². The second-order valence-corrected chi connectivity index (χ2v) is 20.8. The molecule has 0 aromatic heterocycles. The zero-order chi connectivity index (χ0) is 41.5. The van der Waals surface area contributed by atoms with Crippen molar-refractivity contribution in [3.8, 4) is 34.5 Å². The molecule has 0 spiro atoms. The van der Waals surface area contributed by atoms with Gasteiger partial charge in [0.15, 0.2) is 34.5 Å². The highest BCUT2D eigenvalue weighted by molar-refractivity contribution is 7.97. The number of rotatable bonds is 22. The molecule has 0 aliphatic carbocycles. The fourth-order valence-electron chi connectivity index (χ4n) is 8.35. The predicted octanol–water partition coefficient (Wildman–Crippen LogP) is 9.76. The first-order valence-electron chi connectivity index (χ1n) is 21.1. The van der Waals surface area contributed by atoms with Crippen molar-refractivity contribution in [2.24, 2.45) is 0 Å².